The Kier molecular flexibility index (Phi) is 3.84. The molecule has 0 saturated carbocycles. The van der Waals surface area contributed by atoms with Crippen LogP contribution in [0.1, 0.15) is 23.3 Å². The first-order valence-electron chi connectivity index (χ1n) is 6.67. The predicted molar refractivity (Wildman–Crippen MR) is 75.5 cm³/mol. The van der Waals surface area contributed by atoms with Crippen molar-refractivity contribution in [2.45, 2.75) is 12.8 Å². The number of hydrogen-bond acceptors (Lipinski definition) is 5. The van der Waals surface area contributed by atoms with Crippen LogP contribution < -0.4 is 0 Å². The van der Waals surface area contributed by atoms with E-state index in [0.717, 1.165) is 17.7 Å². The van der Waals surface area contributed by atoms with Crippen LogP contribution in [0.15, 0.2) is 28.3 Å². The summed E-state index contributed by atoms with van der Waals surface area (Å²) in [5.74, 6) is 0.779. The Labute approximate surface area is 120 Å². The lowest BCUT2D eigenvalue weighted by Gasteiger charge is -2.30. The number of aromatic nitrogens is 1. The molecule has 3 heterocycles. The third-order valence-corrected chi connectivity index (χ3v) is 4.54. The third-order valence-electron chi connectivity index (χ3n) is 3.67. The van der Waals surface area contributed by atoms with Crippen LogP contribution >= 0.6 is 11.3 Å². The van der Waals surface area contributed by atoms with E-state index < -0.39 is 0 Å². The molecular weight excluding hydrogens is 276 g/mol. The van der Waals surface area contributed by atoms with E-state index >= 15 is 0 Å². The fourth-order valence-electron chi connectivity index (χ4n) is 2.45. The molecule has 1 aliphatic rings. The highest BCUT2D eigenvalue weighted by molar-refractivity contribution is 7.13. The zero-order chi connectivity index (χ0) is 13.9. The van der Waals surface area contributed by atoms with Gasteiger partial charge < -0.3 is 14.4 Å². The molecule has 1 amide bonds. The zero-order valence-corrected chi connectivity index (χ0v) is 11.8. The number of rotatable bonds is 3. The number of nitrogens with zero attached hydrogens (tertiary/aromatic N) is 2. The highest BCUT2D eigenvalue weighted by Crippen LogP contribution is 2.29. The van der Waals surface area contributed by atoms with Crippen molar-refractivity contribution in [1.82, 2.24) is 9.88 Å². The standard InChI is InChI=1S/C14H16N2O3S/c17-8-10-3-5-16(6-4-10)14(18)12-13(19-9-15-12)11-2-1-7-20-11/h1-2,7,9-10,17H,3-6,8H2. The summed E-state index contributed by atoms with van der Waals surface area (Å²) in [5.41, 5.74) is 0.384. The molecule has 0 unspecified atom stereocenters. The van der Waals surface area contributed by atoms with Crippen LogP contribution in [0.25, 0.3) is 10.6 Å². The Hall–Kier alpha value is -1.66. The summed E-state index contributed by atoms with van der Waals surface area (Å²) in [5, 5.41) is 11.1. The summed E-state index contributed by atoms with van der Waals surface area (Å²) in [4.78, 5) is 19.3. The fraction of sp³-hybridized carbons (Fsp3) is 0.429. The summed E-state index contributed by atoms with van der Waals surface area (Å²) < 4.78 is 5.38. The van der Waals surface area contributed by atoms with Gasteiger partial charge in [0.05, 0.1) is 4.88 Å². The van der Waals surface area contributed by atoms with Crippen LogP contribution in [0.2, 0.25) is 0 Å². The van der Waals surface area contributed by atoms with Crippen LogP contribution in [0.3, 0.4) is 0 Å². The number of aliphatic hydroxyl groups excluding tert-OH is 1. The molecular formula is C14H16N2O3S. The van der Waals surface area contributed by atoms with Gasteiger partial charge in [-0.15, -0.1) is 11.3 Å². The van der Waals surface area contributed by atoms with E-state index in [1.165, 1.54) is 17.7 Å². The first-order chi connectivity index (χ1) is 9.79. The SMILES string of the molecule is O=C(c1ncoc1-c1cccs1)N1CCC(CO)CC1. The molecule has 20 heavy (non-hydrogen) atoms. The number of hydrogen-bond donors (Lipinski definition) is 1. The molecule has 6 heteroatoms. The quantitative estimate of drug-likeness (QED) is 0.942. The minimum absolute atomic E-state index is 0.0847. The van der Waals surface area contributed by atoms with E-state index in [2.05, 4.69) is 4.98 Å². The molecule has 0 atom stereocenters. The second-order valence-electron chi connectivity index (χ2n) is 4.93. The second kappa shape index (κ2) is 5.76. The molecule has 2 aromatic heterocycles. The van der Waals surface area contributed by atoms with Crippen molar-refractivity contribution < 1.29 is 14.3 Å². The average Bonchev–Trinajstić information content (AvgIpc) is 3.16. The molecule has 1 fully saturated rings. The van der Waals surface area contributed by atoms with Crippen LogP contribution in [0.4, 0.5) is 0 Å². The van der Waals surface area contributed by atoms with Crippen molar-refractivity contribution in [2.75, 3.05) is 19.7 Å². The first kappa shape index (κ1) is 13.3. The van der Waals surface area contributed by atoms with Crippen LogP contribution in [0.5, 0.6) is 0 Å². The lowest BCUT2D eigenvalue weighted by molar-refractivity contribution is 0.0646. The smallest absolute Gasteiger partial charge is 0.276 e. The van der Waals surface area contributed by atoms with Crippen molar-refractivity contribution in [3.05, 3.63) is 29.6 Å². The van der Waals surface area contributed by atoms with E-state index in [-0.39, 0.29) is 12.5 Å². The van der Waals surface area contributed by atoms with Gasteiger partial charge in [0, 0.05) is 19.7 Å². The maximum Gasteiger partial charge on any atom is 0.276 e. The molecule has 5 nitrogen and oxygen atoms in total. The Morgan fingerprint density at radius 3 is 2.95 bits per heavy atom. The monoisotopic (exact) mass is 292 g/mol. The number of amides is 1. The lowest BCUT2D eigenvalue weighted by atomic mass is 9.97. The predicted octanol–water partition coefficient (Wildman–Crippen LogP) is 2.25. The number of carbonyl (C=O) groups is 1. The molecule has 106 valence electrons. The van der Waals surface area contributed by atoms with Gasteiger partial charge in [-0.05, 0) is 30.2 Å². The summed E-state index contributed by atoms with van der Waals surface area (Å²) in [6.45, 7) is 1.54. The van der Waals surface area contributed by atoms with Gasteiger partial charge in [-0.3, -0.25) is 4.79 Å². The van der Waals surface area contributed by atoms with E-state index in [1.54, 1.807) is 4.90 Å². The fourth-order valence-corrected chi connectivity index (χ4v) is 3.16. The number of oxazole rings is 1. The van der Waals surface area contributed by atoms with E-state index in [4.69, 9.17) is 9.52 Å². The van der Waals surface area contributed by atoms with Gasteiger partial charge in [-0.2, -0.15) is 0 Å². The van der Waals surface area contributed by atoms with E-state index in [9.17, 15) is 4.79 Å². The molecule has 0 bridgehead atoms. The Balaban J connectivity index is 1.77. The van der Waals surface area contributed by atoms with Gasteiger partial charge in [-0.25, -0.2) is 4.98 Å². The molecule has 0 aromatic carbocycles. The minimum atomic E-state index is -0.0847. The zero-order valence-electron chi connectivity index (χ0n) is 11.0. The summed E-state index contributed by atoms with van der Waals surface area (Å²) in [6, 6.07) is 3.84. The van der Waals surface area contributed by atoms with Gasteiger partial charge in [0.2, 0.25) is 0 Å². The number of piperidine rings is 1. The average molecular weight is 292 g/mol. The molecule has 1 aliphatic heterocycles. The summed E-state index contributed by atoms with van der Waals surface area (Å²) >= 11 is 1.53. The summed E-state index contributed by atoms with van der Waals surface area (Å²) in [6.07, 6.45) is 3.01. The highest BCUT2D eigenvalue weighted by atomic mass is 32.1. The molecule has 0 aliphatic carbocycles. The number of likely N-dealkylation sites (tertiary alicyclic amines) is 1. The van der Waals surface area contributed by atoms with Crippen LogP contribution in [-0.2, 0) is 0 Å². The van der Waals surface area contributed by atoms with E-state index in [1.807, 2.05) is 17.5 Å². The van der Waals surface area contributed by atoms with Crippen molar-refractivity contribution in [3.8, 4) is 10.6 Å². The molecule has 2 aromatic rings. The van der Waals surface area contributed by atoms with Crippen LogP contribution in [0, 0.1) is 5.92 Å². The Morgan fingerprint density at radius 1 is 1.50 bits per heavy atom. The first-order valence-corrected chi connectivity index (χ1v) is 7.55. The van der Waals surface area contributed by atoms with Gasteiger partial charge >= 0.3 is 0 Å². The normalized spacial score (nSPS) is 16.6. The number of thiophene rings is 1. The van der Waals surface area contributed by atoms with Gasteiger partial charge in [0.25, 0.3) is 5.91 Å². The van der Waals surface area contributed by atoms with Gasteiger partial charge in [-0.1, -0.05) is 6.07 Å². The van der Waals surface area contributed by atoms with Gasteiger partial charge in [0.1, 0.15) is 0 Å². The minimum Gasteiger partial charge on any atom is -0.442 e. The maximum absolute atomic E-state index is 12.5. The van der Waals surface area contributed by atoms with E-state index in [0.29, 0.717) is 30.5 Å². The van der Waals surface area contributed by atoms with Crippen molar-refractivity contribution in [1.29, 1.82) is 0 Å². The number of carbonyl (C=O) groups excluding carboxylic acids is 1. The maximum atomic E-state index is 12.5. The largest absolute Gasteiger partial charge is 0.442 e. The van der Waals surface area contributed by atoms with Crippen molar-refractivity contribution in [3.63, 3.8) is 0 Å². The molecule has 0 spiro atoms. The third kappa shape index (κ3) is 2.48. The summed E-state index contributed by atoms with van der Waals surface area (Å²) in [7, 11) is 0. The number of aliphatic hydroxyl groups is 1. The Bertz CT molecular complexity index is 571. The van der Waals surface area contributed by atoms with Crippen molar-refractivity contribution >= 4 is 17.2 Å². The molecule has 3 rings (SSSR count). The lowest BCUT2D eigenvalue weighted by Crippen LogP contribution is -2.39. The van der Waals surface area contributed by atoms with Gasteiger partial charge in [0.15, 0.2) is 17.8 Å². The molecule has 1 N–H and O–H groups in total. The Morgan fingerprint density at radius 2 is 2.30 bits per heavy atom. The highest BCUT2D eigenvalue weighted by Gasteiger charge is 2.27. The topological polar surface area (TPSA) is 66.6 Å². The molecule has 1 saturated heterocycles. The molecule has 0 radical (unpaired) electrons. The second-order valence-corrected chi connectivity index (χ2v) is 5.87. The van der Waals surface area contributed by atoms with Crippen molar-refractivity contribution in [2.24, 2.45) is 5.92 Å². The van der Waals surface area contributed by atoms with Crippen LogP contribution in [-0.4, -0.2) is 40.6 Å².